The molecular weight excluding hydrogens is 853 g/mol. The second-order valence-electron chi connectivity index (χ2n) is 18.1. The normalized spacial score (nSPS) is 13.0. The summed E-state index contributed by atoms with van der Waals surface area (Å²) in [5, 5.41) is 0. The van der Waals surface area contributed by atoms with Gasteiger partial charge in [0, 0.05) is 19.3 Å². The van der Waals surface area contributed by atoms with Crippen LogP contribution < -0.4 is 0 Å². The third kappa shape index (κ3) is 54.6. The molecule has 0 rings (SSSR count). The van der Waals surface area contributed by atoms with Crippen molar-refractivity contribution in [3.8, 4) is 0 Å². The minimum atomic E-state index is -0.836. The van der Waals surface area contributed by atoms with Crippen molar-refractivity contribution in [2.45, 2.75) is 245 Å². The highest BCUT2D eigenvalue weighted by atomic mass is 16.6. The summed E-state index contributed by atoms with van der Waals surface area (Å²) in [5.74, 6) is -1.05. The van der Waals surface area contributed by atoms with Crippen molar-refractivity contribution in [1.29, 1.82) is 0 Å². The van der Waals surface area contributed by atoms with Crippen LogP contribution in [0.2, 0.25) is 0 Å². The van der Waals surface area contributed by atoms with Crippen molar-refractivity contribution < 1.29 is 28.6 Å². The molecule has 0 radical (unpaired) electrons. The number of hydrogen-bond donors (Lipinski definition) is 0. The Kier molecular flexibility index (Phi) is 53.0. The molecule has 69 heavy (non-hydrogen) atoms. The average molecular weight is 956 g/mol. The highest BCUT2D eigenvalue weighted by Gasteiger charge is 2.19. The van der Waals surface area contributed by atoms with E-state index in [-0.39, 0.29) is 44.0 Å². The van der Waals surface area contributed by atoms with Crippen LogP contribution >= 0.6 is 0 Å². The third-order valence-electron chi connectivity index (χ3n) is 11.4. The molecule has 0 aliphatic heterocycles. The van der Waals surface area contributed by atoms with Gasteiger partial charge < -0.3 is 14.2 Å². The summed E-state index contributed by atoms with van der Waals surface area (Å²) < 4.78 is 16.7. The molecule has 0 bridgehead atoms. The lowest BCUT2D eigenvalue weighted by Gasteiger charge is -2.18. The predicted molar refractivity (Wildman–Crippen MR) is 297 cm³/mol. The SMILES string of the molecule is CCCCC/C=C/C/C=C/C/C=C/C/C=C/CCCC(=O)OC[C@@H](COC(=O)CCCCCCCCC/C=C/C/C=C/CCCCC)OC(=O)CCC/C=C/C/C=C/C/C=C/C/C=C/CCCCC. The van der Waals surface area contributed by atoms with Crippen LogP contribution in [0.25, 0.3) is 0 Å². The maximum absolute atomic E-state index is 12.8. The maximum Gasteiger partial charge on any atom is 0.306 e. The van der Waals surface area contributed by atoms with Gasteiger partial charge in [-0.2, -0.15) is 0 Å². The molecule has 390 valence electrons. The first-order chi connectivity index (χ1) is 34.0. The summed E-state index contributed by atoms with van der Waals surface area (Å²) >= 11 is 0. The topological polar surface area (TPSA) is 78.9 Å². The van der Waals surface area contributed by atoms with Crippen LogP contribution in [0.1, 0.15) is 239 Å². The first-order valence-corrected chi connectivity index (χ1v) is 28.0. The van der Waals surface area contributed by atoms with E-state index < -0.39 is 6.10 Å². The minimum absolute atomic E-state index is 0.124. The Hall–Kier alpha value is -4.19. The summed E-state index contributed by atoms with van der Waals surface area (Å²) in [7, 11) is 0. The van der Waals surface area contributed by atoms with Gasteiger partial charge >= 0.3 is 17.9 Å². The van der Waals surface area contributed by atoms with Crippen molar-refractivity contribution >= 4 is 17.9 Å². The van der Waals surface area contributed by atoms with E-state index in [9.17, 15) is 14.4 Å². The van der Waals surface area contributed by atoms with Crippen molar-refractivity contribution in [2.24, 2.45) is 0 Å². The number of esters is 3. The standard InChI is InChI=1S/C63H102O6/c1-4-7-10-13-16-19-22-25-28-31-34-37-40-43-46-49-52-55-61(64)67-58-60(69-63(66)57-54-51-48-45-42-39-36-33-30-27-24-21-18-15-12-9-6-3)59-68-62(65)56-53-50-47-44-41-38-35-32-29-26-23-20-17-14-11-8-5-2/h16-21,25-30,34,36-37,39,43,45-46,48,60H,4-15,22-24,31-33,35,38,40-42,44,47,49-59H2,1-3H3/b19-16+,20-17+,21-18+,28-25+,29-26+,30-27+,37-34+,39-36+,46-43+,48-45+/t60-/m0/s1. The van der Waals surface area contributed by atoms with Crippen molar-refractivity contribution in [3.63, 3.8) is 0 Å². The molecule has 6 heteroatoms. The second-order valence-corrected chi connectivity index (χ2v) is 18.1. The highest BCUT2D eigenvalue weighted by molar-refractivity contribution is 5.71. The summed E-state index contributed by atoms with van der Waals surface area (Å²) in [5.41, 5.74) is 0. The monoisotopic (exact) mass is 955 g/mol. The van der Waals surface area contributed by atoms with Crippen LogP contribution in [0.15, 0.2) is 122 Å². The second kappa shape index (κ2) is 56.4. The largest absolute Gasteiger partial charge is 0.462 e. The van der Waals surface area contributed by atoms with Gasteiger partial charge in [0.25, 0.3) is 0 Å². The Morgan fingerprint density at radius 2 is 0.536 bits per heavy atom. The molecule has 0 N–H and O–H groups in total. The zero-order chi connectivity index (χ0) is 50.0. The van der Waals surface area contributed by atoms with E-state index in [0.29, 0.717) is 19.3 Å². The summed E-state index contributed by atoms with van der Waals surface area (Å²) in [6, 6.07) is 0. The Morgan fingerprint density at radius 3 is 0.870 bits per heavy atom. The quantitative estimate of drug-likeness (QED) is 0.0262. The van der Waals surface area contributed by atoms with Crippen molar-refractivity contribution in [2.75, 3.05) is 13.2 Å². The van der Waals surface area contributed by atoms with Crippen LogP contribution in [0.3, 0.4) is 0 Å². The number of rotatable bonds is 49. The van der Waals surface area contributed by atoms with Gasteiger partial charge in [-0.1, -0.05) is 213 Å². The van der Waals surface area contributed by atoms with Gasteiger partial charge in [0.15, 0.2) is 6.10 Å². The zero-order valence-corrected chi connectivity index (χ0v) is 44.5. The van der Waals surface area contributed by atoms with E-state index >= 15 is 0 Å². The van der Waals surface area contributed by atoms with Gasteiger partial charge in [-0.25, -0.2) is 0 Å². The van der Waals surface area contributed by atoms with E-state index in [4.69, 9.17) is 14.2 Å². The fraction of sp³-hybridized carbons (Fsp3) is 0.635. The van der Waals surface area contributed by atoms with E-state index in [2.05, 4.69) is 142 Å². The smallest absolute Gasteiger partial charge is 0.306 e. The lowest BCUT2D eigenvalue weighted by atomic mass is 10.1. The molecule has 0 aromatic heterocycles. The Bertz CT molecular complexity index is 1470. The minimum Gasteiger partial charge on any atom is -0.462 e. The molecule has 0 aliphatic rings. The Morgan fingerprint density at radius 1 is 0.290 bits per heavy atom. The predicted octanol–water partition coefficient (Wildman–Crippen LogP) is 18.9. The van der Waals surface area contributed by atoms with Crippen LogP contribution in [0, 0.1) is 0 Å². The molecule has 6 nitrogen and oxygen atoms in total. The molecule has 0 aromatic carbocycles. The zero-order valence-electron chi connectivity index (χ0n) is 44.5. The van der Waals surface area contributed by atoms with Crippen LogP contribution in [-0.4, -0.2) is 37.2 Å². The first kappa shape index (κ1) is 64.8. The fourth-order valence-electron chi connectivity index (χ4n) is 7.16. The lowest BCUT2D eigenvalue weighted by Crippen LogP contribution is -2.30. The van der Waals surface area contributed by atoms with Gasteiger partial charge in [-0.3, -0.25) is 14.4 Å². The van der Waals surface area contributed by atoms with E-state index in [0.717, 1.165) is 83.5 Å². The molecule has 0 saturated carbocycles. The van der Waals surface area contributed by atoms with Gasteiger partial charge in [0.2, 0.25) is 0 Å². The number of ether oxygens (including phenoxy) is 3. The Labute approximate surface area is 424 Å². The van der Waals surface area contributed by atoms with Crippen molar-refractivity contribution in [3.05, 3.63) is 122 Å². The number of carbonyl (C=O) groups is 3. The molecule has 1 atom stereocenters. The molecule has 0 fully saturated rings. The maximum atomic E-state index is 12.8. The van der Waals surface area contributed by atoms with Crippen LogP contribution in [-0.2, 0) is 28.6 Å². The van der Waals surface area contributed by atoms with Gasteiger partial charge in [0.05, 0.1) is 0 Å². The number of hydrogen-bond acceptors (Lipinski definition) is 6. The first-order valence-electron chi connectivity index (χ1n) is 28.0. The Balaban J connectivity index is 4.59. The molecule has 0 aromatic rings. The molecule has 0 spiro atoms. The van der Waals surface area contributed by atoms with Crippen LogP contribution in [0.5, 0.6) is 0 Å². The van der Waals surface area contributed by atoms with Crippen molar-refractivity contribution in [1.82, 2.24) is 0 Å². The fourth-order valence-corrected chi connectivity index (χ4v) is 7.16. The van der Waals surface area contributed by atoms with Gasteiger partial charge in [-0.05, 0) is 128 Å². The summed E-state index contributed by atoms with van der Waals surface area (Å²) in [6.07, 6.45) is 77.6. The van der Waals surface area contributed by atoms with E-state index in [1.807, 2.05) is 0 Å². The third-order valence-corrected chi connectivity index (χ3v) is 11.4. The number of unbranched alkanes of at least 4 members (excludes halogenated alkanes) is 18. The molecule has 0 heterocycles. The highest BCUT2D eigenvalue weighted by Crippen LogP contribution is 2.12. The molecule has 0 unspecified atom stereocenters. The van der Waals surface area contributed by atoms with E-state index in [1.165, 1.54) is 103 Å². The summed E-state index contributed by atoms with van der Waals surface area (Å²) in [4.78, 5) is 38.1. The number of carbonyl (C=O) groups excluding carboxylic acids is 3. The lowest BCUT2D eigenvalue weighted by molar-refractivity contribution is -0.167. The number of allylic oxidation sites excluding steroid dienone is 20. The average Bonchev–Trinajstić information content (AvgIpc) is 3.35. The van der Waals surface area contributed by atoms with Gasteiger partial charge in [-0.15, -0.1) is 0 Å². The molecule has 0 aliphatic carbocycles. The molecular formula is C63H102O6. The van der Waals surface area contributed by atoms with Gasteiger partial charge in [0.1, 0.15) is 13.2 Å². The summed E-state index contributed by atoms with van der Waals surface area (Å²) in [6.45, 7) is 6.45. The van der Waals surface area contributed by atoms with E-state index in [1.54, 1.807) is 0 Å². The molecule has 0 amide bonds. The molecule has 0 saturated heterocycles. The van der Waals surface area contributed by atoms with Crippen LogP contribution in [0.4, 0.5) is 0 Å².